The van der Waals surface area contributed by atoms with Gasteiger partial charge in [0.15, 0.2) is 0 Å². The van der Waals surface area contributed by atoms with Crippen LogP contribution in [0.5, 0.6) is 0 Å². The zero-order chi connectivity index (χ0) is 13.7. The second-order valence-electron chi connectivity index (χ2n) is 5.29. The Morgan fingerprint density at radius 1 is 1.26 bits per heavy atom. The highest BCUT2D eigenvalue weighted by molar-refractivity contribution is 5.89. The van der Waals surface area contributed by atoms with Crippen molar-refractivity contribution in [3.63, 3.8) is 0 Å². The summed E-state index contributed by atoms with van der Waals surface area (Å²) in [6.45, 7) is 7.20. The molecular weight excluding hydrogens is 238 g/mol. The second kappa shape index (κ2) is 6.57. The predicted octanol–water partition coefficient (Wildman–Crippen LogP) is 2.60. The Balaban J connectivity index is 1.73. The Labute approximate surface area is 115 Å². The number of carbonyl (C=O) groups is 1. The molecule has 0 unspecified atom stereocenters. The van der Waals surface area contributed by atoms with Gasteiger partial charge in [0.05, 0.1) is 0 Å². The van der Waals surface area contributed by atoms with Crippen LogP contribution in [0.1, 0.15) is 25.3 Å². The second-order valence-corrected chi connectivity index (χ2v) is 5.29. The van der Waals surface area contributed by atoms with Crippen molar-refractivity contribution in [2.24, 2.45) is 0 Å². The van der Waals surface area contributed by atoms with Crippen LogP contribution in [0.25, 0.3) is 0 Å². The maximum absolute atomic E-state index is 11.8. The number of aryl methyl sites for hydroxylation is 1. The van der Waals surface area contributed by atoms with Gasteiger partial charge in [0.25, 0.3) is 0 Å². The van der Waals surface area contributed by atoms with E-state index in [1.54, 1.807) is 0 Å². The third kappa shape index (κ3) is 4.24. The van der Waals surface area contributed by atoms with Gasteiger partial charge in [-0.1, -0.05) is 17.7 Å². The first-order valence-electron chi connectivity index (χ1n) is 7.01. The first-order valence-corrected chi connectivity index (χ1v) is 7.01. The Morgan fingerprint density at radius 3 is 2.53 bits per heavy atom. The van der Waals surface area contributed by atoms with E-state index in [1.807, 2.05) is 31.2 Å². The summed E-state index contributed by atoms with van der Waals surface area (Å²) in [5.74, 6) is 0. The molecule has 0 aromatic heterocycles. The molecule has 104 valence electrons. The molecule has 2 amide bonds. The lowest BCUT2D eigenvalue weighted by atomic mass is 10.2. The number of hydrogen-bond donors (Lipinski definition) is 2. The maximum Gasteiger partial charge on any atom is 0.319 e. The fraction of sp³-hybridized carbons (Fsp3) is 0.533. The van der Waals surface area contributed by atoms with Crippen LogP contribution in [-0.4, -0.2) is 36.6 Å². The smallest absolute Gasteiger partial charge is 0.319 e. The monoisotopic (exact) mass is 261 g/mol. The summed E-state index contributed by atoms with van der Waals surface area (Å²) in [4.78, 5) is 14.2. The molecule has 1 heterocycles. The summed E-state index contributed by atoms with van der Waals surface area (Å²) in [6, 6.07) is 8.09. The van der Waals surface area contributed by atoms with E-state index >= 15 is 0 Å². The minimum atomic E-state index is -0.130. The maximum atomic E-state index is 11.8. The van der Waals surface area contributed by atoms with Crippen LogP contribution in [0.2, 0.25) is 0 Å². The minimum Gasteiger partial charge on any atom is -0.336 e. The molecule has 1 aliphatic heterocycles. The molecule has 1 aromatic rings. The van der Waals surface area contributed by atoms with Crippen molar-refractivity contribution in [1.29, 1.82) is 0 Å². The summed E-state index contributed by atoms with van der Waals surface area (Å²) < 4.78 is 0. The first kappa shape index (κ1) is 13.9. The molecule has 1 saturated heterocycles. The van der Waals surface area contributed by atoms with Crippen LogP contribution in [0.3, 0.4) is 0 Å². The van der Waals surface area contributed by atoms with E-state index in [4.69, 9.17) is 0 Å². The van der Waals surface area contributed by atoms with Gasteiger partial charge in [0, 0.05) is 18.3 Å². The predicted molar refractivity (Wildman–Crippen MR) is 78.5 cm³/mol. The summed E-state index contributed by atoms with van der Waals surface area (Å²) in [7, 11) is 0. The average molecular weight is 261 g/mol. The number of anilines is 1. The van der Waals surface area contributed by atoms with E-state index < -0.39 is 0 Å². The Kier molecular flexibility index (Phi) is 4.80. The number of urea groups is 1. The average Bonchev–Trinajstić information content (AvgIpc) is 2.93. The first-order chi connectivity index (χ1) is 9.15. The van der Waals surface area contributed by atoms with Gasteiger partial charge in [-0.15, -0.1) is 0 Å². The molecule has 0 spiro atoms. The summed E-state index contributed by atoms with van der Waals surface area (Å²) in [5.41, 5.74) is 2.02. The molecule has 4 nitrogen and oxygen atoms in total. The van der Waals surface area contributed by atoms with Crippen LogP contribution < -0.4 is 10.6 Å². The highest BCUT2D eigenvalue weighted by Gasteiger charge is 2.18. The van der Waals surface area contributed by atoms with Crippen molar-refractivity contribution in [3.05, 3.63) is 29.8 Å². The molecule has 2 rings (SSSR count). The zero-order valence-electron chi connectivity index (χ0n) is 11.8. The van der Waals surface area contributed by atoms with Crippen LogP contribution in [0, 0.1) is 6.92 Å². The minimum absolute atomic E-state index is 0.130. The van der Waals surface area contributed by atoms with Gasteiger partial charge in [0.2, 0.25) is 0 Å². The number of nitrogens with one attached hydrogen (secondary N) is 2. The molecule has 1 fully saturated rings. The zero-order valence-corrected chi connectivity index (χ0v) is 11.8. The molecule has 0 radical (unpaired) electrons. The van der Waals surface area contributed by atoms with E-state index in [1.165, 1.54) is 18.4 Å². The Hall–Kier alpha value is -1.55. The number of amides is 2. The van der Waals surface area contributed by atoms with Gasteiger partial charge < -0.3 is 10.6 Å². The van der Waals surface area contributed by atoms with Gasteiger partial charge in [-0.05, 0) is 51.9 Å². The molecule has 1 atom stereocenters. The van der Waals surface area contributed by atoms with Crippen LogP contribution in [0.15, 0.2) is 24.3 Å². The van der Waals surface area contributed by atoms with Crippen molar-refractivity contribution in [3.8, 4) is 0 Å². The number of rotatable bonds is 4. The standard InChI is InChI=1S/C15H23N3O/c1-12-5-7-14(8-6-12)17-15(19)16-11-13(2)18-9-3-4-10-18/h5-8,13H,3-4,9-11H2,1-2H3,(H2,16,17,19)/t13-/m0/s1. The molecule has 2 N–H and O–H groups in total. The van der Waals surface area contributed by atoms with Crippen molar-refractivity contribution < 1.29 is 4.79 Å². The number of carbonyl (C=O) groups excluding carboxylic acids is 1. The van der Waals surface area contributed by atoms with Gasteiger partial charge >= 0.3 is 6.03 Å². The van der Waals surface area contributed by atoms with Crippen molar-refractivity contribution in [1.82, 2.24) is 10.2 Å². The summed E-state index contributed by atoms with van der Waals surface area (Å²) >= 11 is 0. The molecule has 0 bridgehead atoms. The van der Waals surface area contributed by atoms with Gasteiger partial charge in [-0.25, -0.2) is 4.79 Å². The van der Waals surface area contributed by atoms with E-state index in [9.17, 15) is 4.79 Å². The van der Waals surface area contributed by atoms with Gasteiger partial charge in [-0.3, -0.25) is 4.90 Å². The van der Waals surface area contributed by atoms with Crippen molar-refractivity contribution in [2.45, 2.75) is 32.7 Å². The van der Waals surface area contributed by atoms with Crippen LogP contribution in [0.4, 0.5) is 10.5 Å². The van der Waals surface area contributed by atoms with Crippen LogP contribution >= 0.6 is 0 Å². The lowest BCUT2D eigenvalue weighted by Gasteiger charge is -2.23. The van der Waals surface area contributed by atoms with E-state index in [-0.39, 0.29) is 6.03 Å². The Bertz CT molecular complexity index is 410. The van der Waals surface area contributed by atoms with E-state index in [0.29, 0.717) is 12.6 Å². The third-order valence-electron chi connectivity index (χ3n) is 3.63. The molecule has 4 heteroatoms. The Morgan fingerprint density at radius 2 is 1.89 bits per heavy atom. The number of hydrogen-bond acceptors (Lipinski definition) is 2. The summed E-state index contributed by atoms with van der Waals surface area (Å²) in [6.07, 6.45) is 2.56. The van der Waals surface area contributed by atoms with Crippen LogP contribution in [-0.2, 0) is 0 Å². The molecule has 1 aliphatic rings. The molecule has 1 aromatic carbocycles. The van der Waals surface area contributed by atoms with Gasteiger partial charge in [-0.2, -0.15) is 0 Å². The largest absolute Gasteiger partial charge is 0.336 e. The quantitative estimate of drug-likeness (QED) is 0.875. The highest BCUT2D eigenvalue weighted by Crippen LogP contribution is 2.11. The fourth-order valence-electron chi connectivity index (χ4n) is 2.36. The molecule has 0 aliphatic carbocycles. The van der Waals surface area contributed by atoms with E-state index in [2.05, 4.69) is 22.5 Å². The number of benzene rings is 1. The third-order valence-corrected chi connectivity index (χ3v) is 3.63. The lowest BCUT2D eigenvalue weighted by molar-refractivity contribution is 0.234. The highest BCUT2D eigenvalue weighted by atomic mass is 16.2. The SMILES string of the molecule is Cc1ccc(NC(=O)NC[C@H](C)N2CCCC2)cc1. The van der Waals surface area contributed by atoms with Crippen molar-refractivity contribution >= 4 is 11.7 Å². The molecule has 0 saturated carbocycles. The number of likely N-dealkylation sites (tertiary alicyclic amines) is 1. The normalized spacial score (nSPS) is 17.2. The van der Waals surface area contributed by atoms with Gasteiger partial charge in [0.1, 0.15) is 0 Å². The topological polar surface area (TPSA) is 44.4 Å². The summed E-state index contributed by atoms with van der Waals surface area (Å²) in [5, 5.41) is 5.78. The molecule has 19 heavy (non-hydrogen) atoms. The number of nitrogens with zero attached hydrogens (tertiary/aromatic N) is 1. The molecular formula is C15H23N3O. The van der Waals surface area contributed by atoms with Crippen molar-refractivity contribution in [2.75, 3.05) is 25.0 Å². The lowest BCUT2D eigenvalue weighted by Crippen LogP contribution is -2.42. The fourth-order valence-corrected chi connectivity index (χ4v) is 2.36. The van der Waals surface area contributed by atoms with E-state index in [0.717, 1.165) is 18.8 Å².